The number of ether oxygens (including phenoxy) is 1. The number of rotatable bonds is 7. The molecule has 104 valence electrons. The van der Waals surface area contributed by atoms with Crippen molar-refractivity contribution in [2.24, 2.45) is 0 Å². The zero-order chi connectivity index (χ0) is 13.7. The maximum Gasteiger partial charge on any atom is 0.260 e. The Labute approximate surface area is 116 Å². The van der Waals surface area contributed by atoms with E-state index in [4.69, 9.17) is 4.74 Å². The second-order valence-electron chi connectivity index (χ2n) is 3.83. The summed E-state index contributed by atoms with van der Waals surface area (Å²) in [5.41, 5.74) is 0. The van der Waals surface area contributed by atoms with E-state index in [9.17, 15) is 8.42 Å². The summed E-state index contributed by atoms with van der Waals surface area (Å²) in [4.78, 5) is 7.38. The van der Waals surface area contributed by atoms with Crippen LogP contribution in [0.1, 0.15) is 4.88 Å². The summed E-state index contributed by atoms with van der Waals surface area (Å²) >= 11 is 1.53. The molecule has 0 saturated heterocycles. The zero-order valence-corrected chi connectivity index (χ0v) is 12.1. The van der Waals surface area contributed by atoms with Gasteiger partial charge in [0.05, 0.1) is 19.1 Å². The summed E-state index contributed by atoms with van der Waals surface area (Å²) in [5.74, 6) is 0. The number of hydrogen-bond donors (Lipinski definition) is 1. The van der Waals surface area contributed by atoms with Gasteiger partial charge in [-0.1, -0.05) is 6.07 Å². The summed E-state index contributed by atoms with van der Waals surface area (Å²) in [7, 11) is -2.02. The van der Waals surface area contributed by atoms with Gasteiger partial charge in [-0.05, 0) is 11.4 Å². The van der Waals surface area contributed by atoms with Crippen molar-refractivity contribution in [3.8, 4) is 0 Å². The average molecular weight is 301 g/mol. The lowest BCUT2D eigenvalue weighted by Crippen LogP contribution is -2.33. The molecule has 2 aromatic rings. The van der Waals surface area contributed by atoms with Crippen LogP contribution in [0, 0.1) is 0 Å². The summed E-state index contributed by atoms with van der Waals surface area (Å²) in [6, 6.07) is 3.81. The number of hydrogen-bond acceptors (Lipinski definition) is 5. The minimum atomic E-state index is -3.56. The fourth-order valence-electron chi connectivity index (χ4n) is 1.58. The molecule has 1 N–H and O–H groups in total. The fourth-order valence-corrected chi connectivity index (χ4v) is 3.68. The molecule has 6 nitrogen and oxygen atoms in total. The molecule has 0 unspecified atom stereocenters. The van der Waals surface area contributed by atoms with Crippen molar-refractivity contribution >= 4 is 21.4 Å². The molecule has 0 aromatic carbocycles. The van der Waals surface area contributed by atoms with E-state index in [0.717, 1.165) is 4.88 Å². The van der Waals surface area contributed by atoms with E-state index in [-0.39, 0.29) is 5.03 Å². The SMILES string of the molecule is COCCN(Cc1cccs1)S(=O)(=O)c1cnc[nH]1. The summed E-state index contributed by atoms with van der Waals surface area (Å²) < 4.78 is 31.2. The molecule has 0 radical (unpaired) electrons. The third kappa shape index (κ3) is 3.41. The van der Waals surface area contributed by atoms with Crippen LogP contribution >= 0.6 is 11.3 Å². The number of methoxy groups -OCH3 is 1. The number of sulfonamides is 1. The van der Waals surface area contributed by atoms with Crippen LogP contribution in [0.4, 0.5) is 0 Å². The Hall–Kier alpha value is -1.22. The third-order valence-corrected chi connectivity index (χ3v) is 5.18. The van der Waals surface area contributed by atoms with Gasteiger partial charge in [0.2, 0.25) is 0 Å². The largest absolute Gasteiger partial charge is 0.383 e. The number of aromatic amines is 1. The van der Waals surface area contributed by atoms with Gasteiger partial charge < -0.3 is 9.72 Å². The molecule has 0 amide bonds. The van der Waals surface area contributed by atoms with Gasteiger partial charge in [-0.25, -0.2) is 13.4 Å². The van der Waals surface area contributed by atoms with Gasteiger partial charge >= 0.3 is 0 Å². The van der Waals surface area contributed by atoms with Crippen molar-refractivity contribution in [1.29, 1.82) is 0 Å². The van der Waals surface area contributed by atoms with Crippen molar-refractivity contribution in [2.45, 2.75) is 11.6 Å². The van der Waals surface area contributed by atoms with Gasteiger partial charge in [0.15, 0.2) is 5.03 Å². The van der Waals surface area contributed by atoms with Crippen molar-refractivity contribution in [3.63, 3.8) is 0 Å². The summed E-state index contributed by atoms with van der Waals surface area (Å²) in [6.45, 7) is 0.983. The number of H-pyrrole nitrogens is 1. The highest BCUT2D eigenvalue weighted by atomic mass is 32.2. The fraction of sp³-hybridized carbons (Fsp3) is 0.364. The molecule has 0 aliphatic heterocycles. The normalized spacial score (nSPS) is 12.1. The Morgan fingerprint density at radius 3 is 2.95 bits per heavy atom. The van der Waals surface area contributed by atoms with Gasteiger partial charge in [-0.15, -0.1) is 11.3 Å². The van der Waals surface area contributed by atoms with E-state index in [2.05, 4.69) is 9.97 Å². The lowest BCUT2D eigenvalue weighted by atomic mass is 10.4. The summed E-state index contributed by atoms with van der Waals surface area (Å²) in [6.07, 6.45) is 2.66. The van der Waals surface area contributed by atoms with Crippen LogP contribution in [0.25, 0.3) is 0 Å². The van der Waals surface area contributed by atoms with Crippen LogP contribution in [0.2, 0.25) is 0 Å². The molecular weight excluding hydrogens is 286 g/mol. The molecule has 0 bridgehead atoms. The van der Waals surface area contributed by atoms with E-state index in [1.54, 1.807) is 7.11 Å². The number of nitrogens with one attached hydrogen (secondary N) is 1. The first-order valence-corrected chi connectivity index (χ1v) is 7.96. The van der Waals surface area contributed by atoms with E-state index in [1.165, 1.54) is 28.2 Å². The number of thiophene rings is 1. The molecular formula is C11H15N3O3S2. The maximum atomic E-state index is 12.4. The van der Waals surface area contributed by atoms with Gasteiger partial charge in [-0.3, -0.25) is 0 Å². The smallest absolute Gasteiger partial charge is 0.260 e. The van der Waals surface area contributed by atoms with Crippen LogP contribution in [0.5, 0.6) is 0 Å². The van der Waals surface area contributed by atoms with Crippen LogP contribution in [-0.4, -0.2) is 43.0 Å². The predicted molar refractivity (Wildman–Crippen MR) is 72.4 cm³/mol. The Kier molecular flexibility index (Phi) is 4.70. The number of imidazole rings is 1. The van der Waals surface area contributed by atoms with Gasteiger partial charge in [0.25, 0.3) is 10.0 Å². The van der Waals surface area contributed by atoms with Gasteiger partial charge in [-0.2, -0.15) is 4.31 Å². The first kappa shape index (κ1) is 14.2. The standard InChI is InChI=1S/C11H15N3O3S2/c1-17-5-4-14(8-10-3-2-6-18-10)19(15,16)11-7-12-9-13-11/h2-3,6-7,9H,4-5,8H2,1H3,(H,12,13). The minimum Gasteiger partial charge on any atom is -0.383 e. The average Bonchev–Trinajstić information content (AvgIpc) is 3.06. The van der Waals surface area contributed by atoms with E-state index >= 15 is 0 Å². The highest BCUT2D eigenvalue weighted by Gasteiger charge is 2.25. The van der Waals surface area contributed by atoms with E-state index in [0.29, 0.717) is 19.7 Å². The highest BCUT2D eigenvalue weighted by molar-refractivity contribution is 7.89. The van der Waals surface area contributed by atoms with Crippen molar-refractivity contribution in [3.05, 3.63) is 34.9 Å². The Balaban J connectivity index is 2.22. The monoisotopic (exact) mass is 301 g/mol. The highest BCUT2D eigenvalue weighted by Crippen LogP contribution is 2.18. The molecule has 2 rings (SSSR count). The van der Waals surface area contributed by atoms with Crippen LogP contribution < -0.4 is 0 Å². The second kappa shape index (κ2) is 6.29. The molecule has 0 aliphatic rings. The molecule has 0 spiro atoms. The minimum absolute atomic E-state index is 0.0974. The van der Waals surface area contributed by atoms with E-state index in [1.807, 2.05) is 17.5 Å². The predicted octanol–water partition coefficient (Wildman–Crippen LogP) is 1.31. The van der Waals surface area contributed by atoms with Crippen LogP contribution in [0.15, 0.2) is 35.1 Å². The molecule has 0 aliphatic carbocycles. The molecule has 0 fully saturated rings. The van der Waals surface area contributed by atoms with Gasteiger partial charge in [0, 0.05) is 25.1 Å². The topological polar surface area (TPSA) is 75.3 Å². The molecule has 0 saturated carbocycles. The maximum absolute atomic E-state index is 12.4. The van der Waals surface area contributed by atoms with E-state index < -0.39 is 10.0 Å². The molecule has 2 aromatic heterocycles. The third-order valence-electron chi connectivity index (χ3n) is 2.55. The van der Waals surface area contributed by atoms with Crippen molar-refractivity contribution in [2.75, 3.05) is 20.3 Å². The van der Waals surface area contributed by atoms with Crippen molar-refractivity contribution < 1.29 is 13.2 Å². The lowest BCUT2D eigenvalue weighted by molar-refractivity contribution is 0.177. The first-order valence-electron chi connectivity index (χ1n) is 5.64. The lowest BCUT2D eigenvalue weighted by Gasteiger charge is -2.20. The molecule has 19 heavy (non-hydrogen) atoms. The first-order chi connectivity index (χ1) is 9.14. The Morgan fingerprint density at radius 2 is 2.37 bits per heavy atom. The molecule has 0 atom stereocenters. The van der Waals surface area contributed by atoms with Crippen LogP contribution in [0.3, 0.4) is 0 Å². The Bertz CT molecular complexity index is 579. The number of nitrogens with zero attached hydrogens (tertiary/aromatic N) is 2. The Morgan fingerprint density at radius 1 is 1.53 bits per heavy atom. The molecule has 2 heterocycles. The molecule has 8 heteroatoms. The second-order valence-corrected chi connectivity index (χ2v) is 6.77. The summed E-state index contributed by atoms with van der Waals surface area (Å²) in [5, 5.41) is 2.02. The van der Waals surface area contributed by atoms with Gasteiger partial charge in [0.1, 0.15) is 0 Å². The number of aromatic nitrogens is 2. The zero-order valence-electron chi connectivity index (χ0n) is 10.4. The van der Waals surface area contributed by atoms with Crippen molar-refractivity contribution in [1.82, 2.24) is 14.3 Å². The quantitative estimate of drug-likeness (QED) is 0.836. The van der Waals surface area contributed by atoms with Crippen LogP contribution in [-0.2, 0) is 21.3 Å².